The number of hydrogen-bond acceptors (Lipinski definition) is 1. The largest absolute Gasteiger partial charge is 0.366 e. The first kappa shape index (κ1) is 10.5. The van der Waals surface area contributed by atoms with E-state index >= 15 is 0 Å². The van der Waals surface area contributed by atoms with Gasteiger partial charge in [-0.3, -0.25) is 0 Å². The summed E-state index contributed by atoms with van der Waals surface area (Å²) in [5, 5.41) is 2.94. The summed E-state index contributed by atoms with van der Waals surface area (Å²) in [7, 11) is 0. The summed E-state index contributed by atoms with van der Waals surface area (Å²) in [4.78, 5) is 0.550. The minimum atomic E-state index is 0.550. The molecule has 1 nitrogen and oxygen atoms in total. The number of nitrogens with one attached hydrogen (secondary N) is 1. The standard InChI is InChI=1S/C12H11NS/c1-2-10-13-12(14)9-8-11-6-4-3-5-7-11/h2-7H,1,10H2,(H,13,14). The quantitative estimate of drug-likeness (QED) is 0.447. The van der Waals surface area contributed by atoms with Crippen LogP contribution in [0.3, 0.4) is 0 Å². The average molecular weight is 201 g/mol. The first-order chi connectivity index (χ1) is 6.83. The highest BCUT2D eigenvalue weighted by molar-refractivity contribution is 7.80. The van der Waals surface area contributed by atoms with Crippen LogP contribution in [0.5, 0.6) is 0 Å². The van der Waals surface area contributed by atoms with Crippen molar-refractivity contribution in [1.82, 2.24) is 5.32 Å². The lowest BCUT2D eigenvalue weighted by Crippen LogP contribution is -2.19. The van der Waals surface area contributed by atoms with E-state index in [1.54, 1.807) is 6.08 Å². The highest BCUT2D eigenvalue weighted by Gasteiger charge is 1.86. The summed E-state index contributed by atoms with van der Waals surface area (Å²) in [6.07, 6.45) is 1.75. The van der Waals surface area contributed by atoms with Gasteiger partial charge >= 0.3 is 0 Å². The molecule has 1 aromatic carbocycles. The van der Waals surface area contributed by atoms with Gasteiger partial charge in [0, 0.05) is 12.1 Å². The van der Waals surface area contributed by atoms with E-state index in [-0.39, 0.29) is 0 Å². The van der Waals surface area contributed by atoms with Gasteiger partial charge in [-0.1, -0.05) is 42.4 Å². The summed E-state index contributed by atoms with van der Waals surface area (Å²) >= 11 is 4.99. The van der Waals surface area contributed by atoms with Crippen LogP contribution in [0.1, 0.15) is 5.56 Å². The molecule has 0 spiro atoms. The van der Waals surface area contributed by atoms with E-state index < -0.39 is 0 Å². The summed E-state index contributed by atoms with van der Waals surface area (Å²) in [5.74, 6) is 5.82. The molecule has 0 amide bonds. The monoisotopic (exact) mass is 201 g/mol. The fourth-order valence-corrected chi connectivity index (χ4v) is 0.994. The van der Waals surface area contributed by atoms with Gasteiger partial charge in [0.25, 0.3) is 0 Å². The maximum atomic E-state index is 4.99. The number of benzene rings is 1. The summed E-state index contributed by atoms with van der Waals surface area (Å²) in [5.41, 5.74) is 0.968. The molecular formula is C12H11NS. The van der Waals surface area contributed by atoms with Gasteiger partial charge in [0.2, 0.25) is 0 Å². The van der Waals surface area contributed by atoms with Crippen LogP contribution >= 0.6 is 12.2 Å². The van der Waals surface area contributed by atoms with E-state index in [9.17, 15) is 0 Å². The van der Waals surface area contributed by atoms with Gasteiger partial charge < -0.3 is 5.32 Å². The van der Waals surface area contributed by atoms with Crippen LogP contribution in [-0.2, 0) is 0 Å². The third-order valence-corrected chi connectivity index (χ3v) is 1.75. The second kappa shape index (κ2) is 5.95. The lowest BCUT2D eigenvalue weighted by Gasteiger charge is -1.95. The summed E-state index contributed by atoms with van der Waals surface area (Å²) < 4.78 is 0. The highest BCUT2D eigenvalue weighted by atomic mass is 32.1. The van der Waals surface area contributed by atoms with Crippen LogP contribution in [0.15, 0.2) is 43.0 Å². The number of rotatable bonds is 2. The molecule has 0 aliphatic heterocycles. The van der Waals surface area contributed by atoms with Gasteiger partial charge in [-0.15, -0.1) is 6.58 Å². The first-order valence-electron chi connectivity index (χ1n) is 4.28. The van der Waals surface area contributed by atoms with Crippen molar-refractivity contribution in [1.29, 1.82) is 0 Å². The molecule has 0 aliphatic carbocycles. The van der Waals surface area contributed by atoms with E-state index in [4.69, 9.17) is 12.2 Å². The van der Waals surface area contributed by atoms with E-state index in [1.807, 2.05) is 30.3 Å². The fraction of sp³-hybridized carbons (Fsp3) is 0.0833. The van der Waals surface area contributed by atoms with E-state index in [1.165, 1.54) is 0 Å². The minimum absolute atomic E-state index is 0.550. The maximum absolute atomic E-state index is 4.99. The molecule has 70 valence electrons. The molecular weight excluding hydrogens is 190 g/mol. The van der Waals surface area contributed by atoms with Crippen molar-refractivity contribution in [3.8, 4) is 11.8 Å². The van der Waals surface area contributed by atoms with Gasteiger partial charge in [0.15, 0.2) is 4.99 Å². The van der Waals surface area contributed by atoms with Gasteiger partial charge in [-0.05, 0) is 18.1 Å². The topological polar surface area (TPSA) is 12.0 Å². The molecule has 0 bridgehead atoms. The van der Waals surface area contributed by atoms with Crippen molar-refractivity contribution in [2.75, 3.05) is 6.54 Å². The molecule has 0 radical (unpaired) electrons. The average Bonchev–Trinajstić information content (AvgIpc) is 2.25. The highest BCUT2D eigenvalue weighted by Crippen LogP contribution is 1.94. The Bertz CT molecular complexity index is 370. The number of hydrogen-bond donors (Lipinski definition) is 1. The Labute approximate surface area is 89.8 Å². The van der Waals surface area contributed by atoms with Gasteiger partial charge in [-0.25, -0.2) is 0 Å². The SMILES string of the molecule is C=CCNC(=S)C#Cc1ccccc1. The minimum Gasteiger partial charge on any atom is -0.366 e. The van der Waals surface area contributed by atoms with Gasteiger partial charge in [-0.2, -0.15) is 0 Å². The first-order valence-corrected chi connectivity index (χ1v) is 4.69. The van der Waals surface area contributed by atoms with Crippen molar-refractivity contribution < 1.29 is 0 Å². The Morgan fingerprint density at radius 3 is 2.79 bits per heavy atom. The Morgan fingerprint density at radius 2 is 2.14 bits per heavy atom. The Kier molecular flexibility index (Phi) is 4.46. The van der Waals surface area contributed by atoms with Crippen LogP contribution in [-0.4, -0.2) is 11.5 Å². The Hall–Kier alpha value is -1.59. The van der Waals surface area contributed by atoms with Crippen LogP contribution < -0.4 is 5.32 Å². The molecule has 0 unspecified atom stereocenters. The van der Waals surface area contributed by atoms with E-state index in [2.05, 4.69) is 23.7 Å². The predicted molar refractivity (Wildman–Crippen MR) is 64.1 cm³/mol. The molecule has 0 aromatic heterocycles. The summed E-state index contributed by atoms with van der Waals surface area (Å²) in [6, 6.07) is 9.75. The molecule has 0 fully saturated rings. The maximum Gasteiger partial charge on any atom is 0.151 e. The Balaban J connectivity index is 2.55. The van der Waals surface area contributed by atoms with Gasteiger partial charge in [0.1, 0.15) is 0 Å². The molecule has 2 heteroatoms. The molecule has 1 aromatic rings. The molecule has 1 rings (SSSR count). The van der Waals surface area contributed by atoms with Crippen LogP contribution in [0.2, 0.25) is 0 Å². The Morgan fingerprint density at radius 1 is 1.43 bits per heavy atom. The molecule has 14 heavy (non-hydrogen) atoms. The second-order valence-corrected chi connectivity index (χ2v) is 3.02. The van der Waals surface area contributed by atoms with Crippen LogP contribution in [0.4, 0.5) is 0 Å². The molecule has 0 saturated carbocycles. The van der Waals surface area contributed by atoms with Crippen molar-refractivity contribution in [2.24, 2.45) is 0 Å². The molecule has 0 atom stereocenters. The molecule has 0 heterocycles. The fourth-order valence-electron chi connectivity index (χ4n) is 0.859. The van der Waals surface area contributed by atoms with Crippen molar-refractivity contribution in [3.63, 3.8) is 0 Å². The van der Waals surface area contributed by atoms with E-state index in [0.29, 0.717) is 11.5 Å². The van der Waals surface area contributed by atoms with Crippen molar-refractivity contribution >= 4 is 17.2 Å². The zero-order valence-corrected chi connectivity index (χ0v) is 8.60. The summed E-state index contributed by atoms with van der Waals surface area (Å²) in [6.45, 7) is 4.24. The lowest BCUT2D eigenvalue weighted by atomic mass is 10.2. The van der Waals surface area contributed by atoms with Crippen molar-refractivity contribution in [2.45, 2.75) is 0 Å². The third-order valence-electron chi connectivity index (χ3n) is 1.50. The van der Waals surface area contributed by atoms with Crippen LogP contribution in [0.25, 0.3) is 0 Å². The van der Waals surface area contributed by atoms with E-state index in [0.717, 1.165) is 5.56 Å². The smallest absolute Gasteiger partial charge is 0.151 e. The molecule has 1 N–H and O–H groups in total. The van der Waals surface area contributed by atoms with Gasteiger partial charge in [0.05, 0.1) is 0 Å². The predicted octanol–water partition coefficient (Wildman–Crippen LogP) is 2.14. The molecule has 0 aliphatic rings. The zero-order valence-electron chi connectivity index (χ0n) is 7.79. The normalized spacial score (nSPS) is 8.29. The number of thiocarbonyl (C=S) groups is 1. The zero-order chi connectivity index (χ0) is 10.2. The molecule has 0 saturated heterocycles. The third kappa shape index (κ3) is 3.88. The van der Waals surface area contributed by atoms with Crippen LogP contribution in [0, 0.1) is 11.8 Å². The van der Waals surface area contributed by atoms with Crippen molar-refractivity contribution in [3.05, 3.63) is 48.6 Å². The lowest BCUT2D eigenvalue weighted by molar-refractivity contribution is 1.07. The second-order valence-electron chi connectivity index (χ2n) is 2.61.